The van der Waals surface area contributed by atoms with Crippen LogP contribution in [0, 0.1) is 11.3 Å². The number of rotatable bonds is 8. The highest BCUT2D eigenvalue weighted by atomic mass is 16.6. The van der Waals surface area contributed by atoms with Gasteiger partial charge in [-0.1, -0.05) is 48.4 Å². The highest BCUT2D eigenvalue weighted by molar-refractivity contribution is 6.44. The van der Waals surface area contributed by atoms with E-state index in [-0.39, 0.29) is 17.7 Å². The smallest absolute Gasteiger partial charge is 0.360 e. The van der Waals surface area contributed by atoms with Gasteiger partial charge in [-0.05, 0) is 19.3 Å². The molecule has 0 N–H and O–H groups in total. The number of nitrogens with zero attached hydrogens (tertiary/aromatic N) is 3. The summed E-state index contributed by atoms with van der Waals surface area (Å²) in [6.07, 6.45) is 1.10. The van der Waals surface area contributed by atoms with Crippen molar-refractivity contribution >= 4 is 23.1 Å². The number of hydrogen-bond donors (Lipinski definition) is 0. The molecule has 1 saturated carbocycles. The van der Waals surface area contributed by atoms with Crippen LogP contribution in [-0.2, 0) is 25.8 Å². The molecular weight excluding hydrogens is 346 g/mol. The Bertz CT molecular complexity index is 785. The van der Waals surface area contributed by atoms with E-state index in [1.807, 2.05) is 19.1 Å². The monoisotopic (exact) mass is 373 g/mol. The number of methoxy groups -OCH3 is 1. The summed E-state index contributed by atoms with van der Waals surface area (Å²) in [5.74, 6) is 0.00924. The quantitative estimate of drug-likeness (QED) is 0.398. The van der Waals surface area contributed by atoms with Gasteiger partial charge in [0.1, 0.15) is 13.7 Å². The maximum atomic E-state index is 12.0. The fourth-order valence-corrected chi connectivity index (χ4v) is 3.24. The second-order valence-corrected chi connectivity index (χ2v) is 6.82. The molecule has 0 amide bonds. The van der Waals surface area contributed by atoms with Crippen molar-refractivity contribution in [1.82, 2.24) is 0 Å². The zero-order valence-corrected chi connectivity index (χ0v) is 16.8. The lowest BCUT2D eigenvalue weighted by Crippen LogP contribution is -2.23. The van der Waals surface area contributed by atoms with Gasteiger partial charge in [0.25, 0.3) is 0 Å². The van der Waals surface area contributed by atoms with Crippen molar-refractivity contribution in [1.29, 1.82) is 0 Å². The molecule has 27 heavy (non-hydrogen) atoms. The van der Waals surface area contributed by atoms with E-state index >= 15 is 0 Å². The summed E-state index contributed by atoms with van der Waals surface area (Å²) >= 11 is 0. The second kappa shape index (κ2) is 8.79. The fraction of sp³-hybridized carbons (Fsp3) is 0.500. The van der Waals surface area contributed by atoms with Gasteiger partial charge in [-0.15, -0.1) is 0 Å². The van der Waals surface area contributed by atoms with Crippen molar-refractivity contribution in [3.63, 3.8) is 0 Å². The average molecular weight is 373 g/mol. The molecule has 0 heterocycles. The number of esters is 1. The highest BCUT2D eigenvalue weighted by Crippen LogP contribution is 2.53. The van der Waals surface area contributed by atoms with Gasteiger partial charge in [0.2, 0.25) is 0 Å². The molecule has 2 atom stereocenters. The summed E-state index contributed by atoms with van der Waals surface area (Å²) in [4.78, 5) is 26.8. The van der Waals surface area contributed by atoms with Crippen LogP contribution in [0.2, 0.25) is 0 Å². The van der Waals surface area contributed by atoms with E-state index < -0.39 is 5.97 Å². The second-order valence-electron chi connectivity index (χ2n) is 6.82. The zero-order chi connectivity index (χ0) is 20.0. The van der Waals surface area contributed by atoms with Gasteiger partial charge < -0.3 is 14.4 Å². The molecule has 1 fully saturated rings. The van der Waals surface area contributed by atoms with Gasteiger partial charge in [-0.2, -0.15) is 0 Å². The van der Waals surface area contributed by atoms with Crippen LogP contribution in [-0.4, -0.2) is 44.4 Å². The third-order valence-electron chi connectivity index (χ3n) is 5.02. The molecule has 0 bridgehead atoms. The Kier molecular flexibility index (Phi) is 6.71. The number of oxime groups is 2. The molecule has 0 radical (unpaired) electrons. The van der Waals surface area contributed by atoms with Crippen molar-refractivity contribution in [3.05, 3.63) is 35.4 Å². The van der Waals surface area contributed by atoms with E-state index in [9.17, 15) is 4.79 Å². The molecular formula is C20H27N3O4. The number of carbonyl (C=O) groups is 1. The Hall–Kier alpha value is -2.70. The molecule has 146 valence electrons. The standard InChI is InChI=1S/C20H27N3O4/c1-13-11-20(13,3)18(21-4)14(2)22-27-12-15-9-7-8-10-16(15)17(23-26-6)19(24)25-5/h7-10,13H,11-12H2,1-6H3/b21-18?,22-14+,23-17+. The lowest BCUT2D eigenvalue weighted by molar-refractivity contribution is -0.132. The third kappa shape index (κ3) is 4.53. The van der Waals surface area contributed by atoms with Gasteiger partial charge in [-0.25, -0.2) is 4.79 Å². The van der Waals surface area contributed by atoms with Crippen molar-refractivity contribution < 1.29 is 19.2 Å². The summed E-state index contributed by atoms with van der Waals surface area (Å²) in [7, 11) is 4.45. The van der Waals surface area contributed by atoms with E-state index in [0.717, 1.165) is 23.4 Å². The first-order chi connectivity index (χ1) is 12.9. The Labute approximate surface area is 160 Å². The van der Waals surface area contributed by atoms with Gasteiger partial charge in [0.15, 0.2) is 5.71 Å². The lowest BCUT2D eigenvalue weighted by atomic mass is 9.96. The van der Waals surface area contributed by atoms with Crippen molar-refractivity contribution in [3.8, 4) is 0 Å². The number of aliphatic imine (C=N–C) groups is 1. The van der Waals surface area contributed by atoms with Crippen LogP contribution in [0.5, 0.6) is 0 Å². The van der Waals surface area contributed by atoms with E-state index in [1.165, 1.54) is 14.2 Å². The highest BCUT2D eigenvalue weighted by Gasteiger charge is 2.51. The fourth-order valence-electron chi connectivity index (χ4n) is 3.24. The first-order valence-electron chi connectivity index (χ1n) is 8.81. The SMILES string of the molecule is CN=C(/C(C)=N/OCc1ccccc1/C(=N\OC)C(=O)OC)C1(C)CC1C. The van der Waals surface area contributed by atoms with Crippen LogP contribution in [0.1, 0.15) is 38.3 Å². The van der Waals surface area contributed by atoms with Gasteiger partial charge in [-0.3, -0.25) is 4.99 Å². The maximum absolute atomic E-state index is 12.0. The number of ether oxygens (including phenoxy) is 1. The zero-order valence-electron chi connectivity index (χ0n) is 16.8. The van der Waals surface area contributed by atoms with Crippen molar-refractivity contribution in [2.24, 2.45) is 26.6 Å². The van der Waals surface area contributed by atoms with E-state index in [4.69, 9.17) is 14.4 Å². The predicted octanol–water partition coefficient (Wildman–Crippen LogP) is 3.22. The minimum Gasteiger partial charge on any atom is -0.464 e. The van der Waals surface area contributed by atoms with E-state index in [2.05, 4.69) is 29.2 Å². The van der Waals surface area contributed by atoms with Crippen molar-refractivity contribution in [2.45, 2.75) is 33.8 Å². The van der Waals surface area contributed by atoms with Crippen LogP contribution < -0.4 is 0 Å². The minimum atomic E-state index is -0.583. The Morgan fingerprint density at radius 1 is 1.26 bits per heavy atom. The maximum Gasteiger partial charge on any atom is 0.360 e. The largest absolute Gasteiger partial charge is 0.464 e. The summed E-state index contributed by atoms with van der Waals surface area (Å²) < 4.78 is 4.78. The van der Waals surface area contributed by atoms with Crippen LogP contribution in [0.15, 0.2) is 39.6 Å². The topological polar surface area (TPSA) is 81.8 Å². The molecule has 0 aliphatic heterocycles. The predicted molar refractivity (Wildman–Crippen MR) is 105 cm³/mol. The van der Waals surface area contributed by atoms with E-state index in [1.54, 1.807) is 19.2 Å². The molecule has 2 rings (SSSR count). The van der Waals surface area contributed by atoms with Crippen LogP contribution in [0.4, 0.5) is 0 Å². The summed E-state index contributed by atoms with van der Waals surface area (Å²) in [6.45, 7) is 6.48. The molecule has 2 unspecified atom stereocenters. The summed E-state index contributed by atoms with van der Waals surface area (Å²) in [6, 6.07) is 7.26. The Balaban J connectivity index is 2.17. The Morgan fingerprint density at radius 2 is 1.93 bits per heavy atom. The molecule has 7 nitrogen and oxygen atoms in total. The molecule has 0 spiro atoms. The molecule has 1 aliphatic rings. The van der Waals surface area contributed by atoms with Gasteiger partial charge in [0, 0.05) is 23.6 Å². The number of hydrogen-bond acceptors (Lipinski definition) is 7. The van der Waals surface area contributed by atoms with E-state index in [0.29, 0.717) is 11.5 Å². The normalized spacial score (nSPS) is 23.0. The molecule has 7 heteroatoms. The molecule has 0 aromatic heterocycles. The first-order valence-corrected chi connectivity index (χ1v) is 8.81. The molecule has 1 aliphatic carbocycles. The molecule has 1 aromatic carbocycles. The molecule has 1 aromatic rings. The minimum absolute atomic E-state index is 0.0762. The summed E-state index contributed by atoms with van der Waals surface area (Å²) in [5.41, 5.74) is 3.21. The van der Waals surface area contributed by atoms with Gasteiger partial charge in [0.05, 0.1) is 18.5 Å². The first kappa shape index (κ1) is 20.6. The number of benzene rings is 1. The average Bonchev–Trinajstić information content (AvgIpc) is 3.27. The lowest BCUT2D eigenvalue weighted by Gasteiger charge is -2.14. The number of carbonyl (C=O) groups excluding carboxylic acids is 1. The van der Waals surface area contributed by atoms with Crippen LogP contribution >= 0.6 is 0 Å². The third-order valence-corrected chi connectivity index (χ3v) is 5.02. The summed E-state index contributed by atoms with van der Waals surface area (Å²) in [5, 5.41) is 8.03. The molecule has 0 saturated heterocycles. The van der Waals surface area contributed by atoms with Crippen LogP contribution in [0.3, 0.4) is 0 Å². The van der Waals surface area contributed by atoms with Crippen molar-refractivity contribution in [2.75, 3.05) is 21.3 Å². The van der Waals surface area contributed by atoms with Crippen LogP contribution in [0.25, 0.3) is 0 Å². The van der Waals surface area contributed by atoms with Gasteiger partial charge >= 0.3 is 5.97 Å². The Morgan fingerprint density at radius 3 is 2.48 bits per heavy atom.